The van der Waals surface area contributed by atoms with Gasteiger partial charge in [-0.3, -0.25) is 4.79 Å². The molecule has 0 aromatic heterocycles. The third kappa shape index (κ3) is 5.50. The van der Waals surface area contributed by atoms with Crippen LogP contribution in [0.3, 0.4) is 0 Å². The Morgan fingerprint density at radius 1 is 1.06 bits per heavy atom. The van der Waals surface area contributed by atoms with E-state index in [2.05, 4.69) is 5.32 Å². The van der Waals surface area contributed by atoms with E-state index in [1.54, 1.807) is 6.92 Å². The van der Waals surface area contributed by atoms with Crippen LogP contribution in [0.2, 0.25) is 0 Å². The summed E-state index contributed by atoms with van der Waals surface area (Å²) in [6, 6.07) is -0.00265. The molecule has 0 heterocycles. The van der Waals surface area contributed by atoms with Crippen LogP contribution in [0, 0.1) is 0 Å². The molecule has 1 aliphatic carbocycles. The Bertz CT molecular complexity index is 196. The number of nitrogens with one attached hydrogen (secondary N) is 1. The van der Waals surface area contributed by atoms with E-state index in [1.165, 1.54) is 44.9 Å². The number of hydrogen-bond donors (Lipinski definition) is 2. The second-order valence-corrected chi connectivity index (χ2v) is 4.98. The zero-order valence-electron chi connectivity index (χ0n) is 10.4. The minimum atomic E-state index is -0.739. The van der Waals surface area contributed by atoms with Crippen LogP contribution in [0.25, 0.3) is 0 Å². The van der Waals surface area contributed by atoms with Gasteiger partial charge in [0.1, 0.15) is 6.04 Å². The maximum Gasteiger partial charge on any atom is 0.320 e. The standard InChI is InChI=1S/C13H25NO2/c1-11(13(15)16)14-12-9-7-5-3-2-4-6-8-10-12/h11-12,14H,2-10H2,1H3,(H,15,16)/t11-/m0/s1. The first-order chi connectivity index (χ1) is 7.70. The van der Waals surface area contributed by atoms with Crippen molar-refractivity contribution in [3.8, 4) is 0 Å². The molecule has 2 N–H and O–H groups in total. The molecule has 1 aliphatic rings. The maximum atomic E-state index is 10.8. The van der Waals surface area contributed by atoms with Crippen LogP contribution < -0.4 is 5.32 Å². The third-order valence-electron chi connectivity index (χ3n) is 3.46. The van der Waals surface area contributed by atoms with Crippen molar-refractivity contribution < 1.29 is 9.90 Å². The number of carbonyl (C=O) groups is 1. The molecule has 16 heavy (non-hydrogen) atoms. The van der Waals surface area contributed by atoms with E-state index in [1.807, 2.05) is 0 Å². The molecule has 0 aromatic rings. The normalized spacial score (nSPS) is 22.6. The van der Waals surface area contributed by atoms with Crippen LogP contribution in [-0.4, -0.2) is 23.2 Å². The van der Waals surface area contributed by atoms with Gasteiger partial charge in [0.15, 0.2) is 0 Å². The largest absolute Gasteiger partial charge is 0.480 e. The average molecular weight is 227 g/mol. The molecule has 0 aliphatic heterocycles. The minimum absolute atomic E-state index is 0.407. The lowest BCUT2D eigenvalue weighted by atomic mass is 9.97. The lowest BCUT2D eigenvalue weighted by Crippen LogP contribution is -2.41. The summed E-state index contributed by atoms with van der Waals surface area (Å²) in [4.78, 5) is 10.8. The Hall–Kier alpha value is -0.570. The summed E-state index contributed by atoms with van der Waals surface area (Å²) in [5.74, 6) is -0.739. The third-order valence-corrected chi connectivity index (χ3v) is 3.46. The topological polar surface area (TPSA) is 49.3 Å². The Morgan fingerprint density at radius 2 is 1.50 bits per heavy atom. The molecular formula is C13H25NO2. The zero-order valence-corrected chi connectivity index (χ0v) is 10.4. The van der Waals surface area contributed by atoms with Gasteiger partial charge in [-0.25, -0.2) is 0 Å². The summed E-state index contributed by atoms with van der Waals surface area (Å²) in [7, 11) is 0. The second kappa shape index (κ2) is 7.66. The lowest BCUT2D eigenvalue weighted by Gasteiger charge is -2.22. The number of carboxylic acids is 1. The summed E-state index contributed by atoms with van der Waals surface area (Å²) in [6.45, 7) is 1.74. The smallest absolute Gasteiger partial charge is 0.320 e. The van der Waals surface area contributed by atoms with Gasteiger partial charge >= 0.3 is 5.97 Å². The van der Waals surface area contributed by atoms with Gasteiger partial charge in [0, 0.05) is 6.04 Å². The van der Waals surface area contributed by atoms with E-state index in [0.29, 0.717) is 6.04 Å². The molecule has 0 bridgehead atoms. The van der Waals surface area contributed by atoms with E-state index in [9.17, 15) is 4.79 Å². The summed E-state index contributed by atoms with van der Waals surface area (Å²) in [5.41, 5.74) is 0. The van der Waals surface area contributed by atoms with E-state index in [0.717, 1.165) is 12.8 Å². The highest BCUT2D eigenvalue weighted by atomic mass is 16.4. The van der Waals surface area contributed by atoms with Gasteiger partial charge < -0.3 is 10.4 Å². The summed E-state index contributed by atoms with van der Waals surface area (Å²) in [5, 5.41) is 12.1. The molecule has 1 fully saturated rings. The average Bonchev–Trinajstić information content (AvgIpc) is 2.27. The predicted molar refractivity (Wildman–Crippen MR) is 65.6 cm³/mol. The van der Waals surface area contributed by atoms with Gasteiger partial charge in [-0.2, -0.15) is 0 Å². The van der Waals surface area contributed by atoms with Crippen molar-refractivity contribution in [1.29, 1.82) is 0 Å². The highest BCUT2D eigenvalue weighted by Crippen LogP contribution is 2.17. The number of carboxylic acid groups (broad SMARTS) is 1. The molecule has 0 unspecified atom stereocenters. The lowest BCUT2D eigenvalue weighted by molar-refractivity contribution is -0.139. The van der Waals surface area contributed by atoms with Gasteiger partial charge in [0.05, 0.1) is 0 Å². The van der Waals surface area contributed by atoms with Crippen LogP contribution in [0.4, 0.5) is 0 Å². The van der Waals surface area contributed by atoms with Gasteiger partial charge in [0.2, 0.25) is 0 Å². The Morgan fingerprint density at radius 3 is 1.94 bits per heavy atom. The molecule has 0 spiro atoms. The molecular weight excluding hydrogens is 202 g/mol. The first kappa shape index (κ1) is 13.5. The monoisotopic (exact) mass is 227 g/mol. The Balaban J connectivity index is 2.32. The van der Waals surface area contributed by atoms with E-state index < -0.39 is 12.0 Å². The highest BCUT2D eigenvalue weighted by Gasteiger charge is 2.16. The number of aliphatic carboxylic acids is 1. The van der Waals surface area contributed by atoms with Crippen LogP contribution in [0.5, 0.6) is 0 Å². The van der Waals surface area contributed by atoms with E-state index >= 15 is 0 Å². The highest BCUT2D eigenvalue weighted by molar-refractivity contribution is 5.72. The summed E-state index contributed by atoms with van der Waals surface area (Å²) < 4.78 is 0. The molecule has 1 saturated carbocycles. The van der Waals surface area contributed by atoms with Crippen molar-refractivity contribution >= 4 is 5.97 Å². The van der Waals surface area contributed by atoms with Crippen LogP contribution >= 0.6 is 0 Å². The fourth-order valence-corrected chi connectivity index (χ4v) is 2.40. The molecule has 0 radical (unpaired) electrons. The quantitative estimate of drug-likeness (QED) is 0.779. The van der Waals surface area contributed by atoms with E-state index in [4.69, 9.17) is 5.11 Å². The van der Waals surface area contributed by atoms with Crippen molar-refractivity contribution in [2.24, 2.45) is 0 Å². The van der Waals surface area contributed by atoms with Crippen LogP contribution in [-0.2, 0) is 4.79 Å². The minimum Gasteiger partial charge on any atom is -0.480 e. The Kier molecular flexibility index (Phi) is 6.46. The van der Waals surface area contributed by atoms with Crippen molar-refractivity contribution in [1.82, 2.24) is 5.32 Å². The molecule has 1 rings (SSSR count). The summed E-state index contributed by atoms with van der Waals surface area (Å²) in [6.07, 6.45) is 11.4. The van der Waals surface area contributed by atoms with Crippen LogP contribution in [0.1, 0.15) is 64.7 Å². The van der Waals surface area contributed by atoms with E-state index in [-0.39, 0.29) is 0 Å². The first-order valence-electron chi connectivity index (χ1n) is 6.69. The van der Waals surface area contributed by atoms with Gasteiger partial charge in [-0.15, -0.1) is 0 Å². The Labute approximate surface area is 98.6 Å². The second-order valence-electron chi connectivity index (χ2n) is 4.98. The molecule has 1 atom stereocenters. The fraction of sp³-hybridized carbons (Fsp3) is 0.923. The van der Waals surface area contributed by atoms with Gasteiger partial charge in [-0.05, 0) is 19.8 Å². The number of rotatable bonds is 3. The van der Waals surface area contributed by atoms with Crippen molar-refractivity contribution in [2.45, 2.75) is 76.8 Å². The molecule has 0 amide bonds. The SMILES string of the molecule is C[C@H](NC1CCCCCCCCC1)C(=O)O. The molecule has 3 nitrogen and oxygen atoms in total. The van der Waals surface area contributed by atoms with Crippen molar-refractivity contribution in [2.75, 3.05) is 0 Å². The van der Waals surface area contributed by atoms with Gasteiger partial charge in [0.25, 0.3) is 0 Å². The van der Waals surface area contributed by atoms with Crippen molar-refractivity contribution in [3.63, 3.8) is 0 Å². The molecule has 94 valence electrons. The number of hydrogen-bond acceptors (Lipinski definition) is 2. The maximum absolute atomic E-state index is 10.8. The fourth-order valence-electron chi connectivity index (χ4n) is 2.40. The van der Waals surface area contributed by atoms with Gasteiger partial charge in [-0.1, -0.05) is 44.9 Å². The first-order valence-corrected chi connectivity index (χ1v) is 6.69. The molecule has 0 saturated heterocycles. The molecule has 0 aromatic carbocycles. The zero-order chi connectivity index (χ0) is 11.8. The van der Waals surface area contributed by atoms with Crippen molar-refractivity contribution in [3.05, 3.63) is 0 Å². The van der Waals surface area contributed by atoms with Crippen LogP contribution in [0.15, 0.2) is 0 Å². The molecule has 3 heteroatoms. The summed E-state index contributed by atoms with van der Waals surface area (Å²) >= 11 is 0. The predicted octanol–water partition coefficient (Wildman–Crippen LogP) is 2.94.